The molecular formula is C11H24NO3P. The Hall–Kier alpha value is 0.110. The average molecular weight is 249 g/mol. The molecule has 4 N–H and O–H groups in total. The van der Waals surface area contributed by atoms with Crippen molar-refractivity contribution in [3.05, 3.63) is 0 Å². The van der Waals surface area contributed by atoms with E-state index in [1.807, 2.05) is 0 Å². The van der Waals surface area contributed by atoms with Crippen LogP contribution in [0.3, 0.4) is 0 Å². The number of aliphatic hydroxyl groups is 1. The molecule has 0 spiro atoms. The number of hydrogen-bond acceptors (Lipinski definition) is 3. The van der Waals surface area contributed by atoms with Gasteiger partial charge in [0, 0.05) is 12.2 Å². The minimum atomic E-state index is -2.46. The van der Waals surface area contributed by atoms with Crippen molar-refractivity contribution in [1.82, 2.24) is 0 Å². The Balaban J connectivity index is 2.21. The van der Waals surface area contributed by atoms with Crippen molar-refractivity contribution in [3.8, 4) is 0 Å². The molecule has 0 aromatic heterocycles. The summed E-state index contributed by atoms with van der Waals surface area (Å²) < 4.78 is 10.5. The second kappa shape index (κ2) is 7.44. The first-order valence-electron chi connectivity index (χ1n) is 6.25. The standard InChI is InChI=1S/C11H24NO3P/c12-10(11(13)6-7-16(14)15)8-9-4-2-1-3-5-9/h9-11,13,16H,1-8,12H2,(H,14,15)/t10-,11?/m0/s1. The van der Waals surface area contributed by atoms with Crippen LogP contribution >= 0.6 is 8.03 Å². The number of nitrogens with two attached hydrogens (primary N) is 1. The lowest BCUT2D eigenvalue weighted by Crippen LogP contribution is -2.37. The van der Waals surface area contributed by atoms with Gasteiger partial charge in [0.2, 0.25) is 0 Å². The Kier molecular flexibility index (Phi) is 6.59. The summed E-state index contributed by atoms with van der Waals surface area (Å²) in [7, 11) is -2.46. The van der Waals surface area contributed by atoms with Gasteiger partial charge >= 0.3 is 0 Å². The van der Waals surface area contributed by atoms with Crippen LogP contribution in [0.2, 0.25) is 0 Å². The normalized spacial score (nSPS) is 23.9. The molecule has 3 atom stereocenters. The molecule has 1 rings (SSSR count). The largest absolute Gasteiger partial charge is 0.391 e. The predicted octanol–water partition coefficient (Wildman–Crippen LogP) is 1.50. The monoisotopic (exact) mass is 249 g/mol. The smallest absolute Gasteiger partial charge is 0.189 e. The van der Waals surface area contributed by atoms with Gasteiger partial charge in [0.1, 0.15) is 0 Å². The lowest BCUT2D eigenvalue weighted by molar-refractivity contribution is 0.123. The van der Waals surface area contributed by atoms with Gasteiger partial charge < -0.3 is 15.7 Å². The van der Waals surface area contributed by atoms with Crippen molar-refractivity contribution in [2.24, 2.45) is 11.7 Å². The SMILES string of the molecule is N[C@@H](CC1CCCCC1)C(O)CC[PH](=O)O. The first-order chi connectivity index (χ1) is 7.59. The van der Waals surface area contributed by atoms with E-state index in [0.29, 0.717) is 12.3 Å². The highest BCUT2D eigenvalue weighted by molar-refractivity contribution is 7.37. The van der Waals surface area contributed by atoms with Gasteiger partial charge in [0.05, 0.1) is 6.10 Å². The first kappa shape index (κ1) is 14.2. The highest BCUT2D eigenvalue weighted by Gasteiger charge is 2.21. The molecule has 0 saturated heterocycles. The van der Waals surface area contributed by atoms with Gasteiger partial charge in [0.15, 0.2) is 8.03 Å². The Morgan fingerprint density at radius 1 is 1.31 bits per heavy atom. The zero-order valence-electron chi connectivity index (χ0n) is 9.77. The fraction of sp³-hybridized carbons (Fsp3) is 1.00. The fourth-order valence-electron chi connectivity index (χ4n) is 2.45. The zero-order valence-corrected chi connectivity index (χ0v) is 10.8. The van der Waals surface area contributed by atoms with E-state index in [1.165, 1.54) is 32.1 Å². The summed E-state index contributed by atoms with van der Waals surface area (Å²) in [6, 6.07) is -0.232. The van der Waals surface area contributed by atoms with E-state index in [0.717, 1.165) is 6.42 Å². The van der Waals surface area contributed by atoms with Gasteiger partial charge in [-0.05, 0) is 18.8 Å². The summed E-state index contributed by atoms with van der Waals surface area (Å²) in [4.78, 5) is 8.70. The minimum Gasteiger partial charge on any atom is -0.391 e. The van der Waals surface area contributed by atoms with Crippen LogP contribution in [0, 0.1) is 5.92 Å². The van der Waals surface area contributed by atoms with Crippen molar-refractivity contribution in [2.75, 3.05) is 6.16 Å². The Bertz CT molecular complexity index is 219. The Morgan fingerprint density at radius 2 is 1.94 bits per heavy atom. The van der Waals surface area contributed by atoms with Crippen molar-refractivity contribution in [1.29, 1.82) is 0 Å². The molecule has 1 aliphatic rings. The third kappa shape index (κ3) is 5.44. The highest BCUT2D eigenvalue weighted by Crippen LogP contribution is 2.28. The summed E-state index contributed by atoms with van der Waals surface area (Å²) in [5.41, 5.74) is 5.91. The van der Waals surface area contributed by atoms with E-state index in [1.54, 1.807) is 0 Å². The van der Waals surface area contributed by atoms with Crippen molar-refractivity contribution in [2.45, 2.75) is 57.1 Å². The molecule has 96 valence electrons. The molecule has 5 heteroatoms. The summed E-state index contributed by atoms with van der Waals surface area (Å²) in [6.07, 6.45) is 7.08. The second-order valence-corrected chi connectivity index (χ2v) is 6.19. The summed E-state index contributed by atoms with van der Waals surface area (Å²) >= 11 is 0. The zero-order chi connectivity index (χ0) is 12.0. The summed E-state index contributed by atoms with van der Waals surface area (Å²) in [5, 5.41) is 9.74. The number of hydrogen-bond donors (Lipinski definition) is 3. The van der Waals surface area contributed by atoms with E-state index < -0.39 is 14.1 Å². The molecular weight excluding hydrogens is 225 g/mol. The Morgan fingerprint density at radius 3 is 2.50 bits per heavy atom. The topological polar surface area (TPSA) is 83.5 Å². The number of rotatable bonds is 6. The van der Waals surface area contributed by atoms with Crippen LogP contribution in [0.25, 0.3) is 0 Å². The van der Waals surface area contributed by atoms with Gasteiger partial charge in [0.25, 0.3) is 0 Å². The average Bonchev–Trinajstić information content (AvgIpc) is 2.27. The molecule has 0 aromatic carbocycles. The Labute approximate surface area is 98.1 Å². The van der Waals surface area contributed by atoms with Crippen molar-refractivity contribution in [3.63, 3.8) is 0 Å². The van der Waals surface area contributed by atoms with Gasteiger partial charge in [-0.15, -0.1) is 0 Å². The van der Waals surface area contributed by atoms with Crippen LogP contribution in [0.4, 0.5) is 0 Å². The van der Waals surface area contributed by atoms with E-state index >= 15 is 0 Å². The van der Waals surface area contributed by atoms with Crippen LogP contribution in [0.5, 0.6) is 0 Å². The molecule has 1 aliphatic carbocycles. The summed E-state index contributed by atoms with van der Waals surface area (Å²) in [6.45, 7) is 0. The van der Waals surface area contributed by atoms with Crippen molar-refractivity contribution < 1.29 is 14.6 Å². The van der Waals surface area contributed by atoms with Crippen LogP contribution in [-0.4, -0.2) is 28.3 Å². The first-order valence-corrected chi connectivity index (χ1v) is 7.81. The lowest BCUT2D eigenvalue weighted by atomic mass is 9.84. The molecule has 16 heavy (non-hydrogen) atoms. The molecule has 0 radical (unpaired) electrons. The molecule has 0 aromatic rings. The summed E-state index contributed by atoms with van der Waals surface area (Å²) in [5.74, 6) is 0.643. The maximum Gasteiger partial charge on any atom is 0.189 e. The van der Waals surface area contributed by atoms with Crippen LogP contribution in [0.15, 0.2) is 0 Å². The van der Waals surface area contributed by atoms with Crippen LogP contribution in [-0.2, 0) is 4.57 Å². The minimum absolute atomic E-state index is 0.185. The van der Waals surface area contributed by atoms with Gasteiger partial charge in [-0.3, -0.25) is 4.57 Å². The highest BCUT2D eigenvalue weighted by atomic mass is 31.1. The van der Waals surface area contributed by atoms with E-state index in [9.17, 15) is 9.67 Å². The van der Waals surface area contributed by atoms with Crippen molar-refractivity contribution >= 4 is 8.03 Å². The molecule has 4 nitrogen and oxygen atoms in total. The predicted molar refractivity (Wildman–Crippen MR) is 65.9 cm³/mol. The lowest BCUT2D eigenvalue weighted by Gasteiger charge is -2.26. The maximum absolute atomic E-state index is 10.5. The fourth-order valence-corrected chi connectivity index (χ4v) is 2.99. The third-order valence-corrected chi connectivity index (χ3v) is 4.19. The maximum atomic E-state index is 10.5. The molecule has 0 bridgehead atoms. The molecule has 0 amide bonds. The third-order valence-electron chi connectivity index (χ3n) is 3.48. The van der Waals surface area contributed by atoms with Gasteiger partial charge in [-0.25, -0.2) is 0 Å². The molecule has 0 heterocycles. The van der Waals surface area contributed by atoms with Crippen LogP contribution in [0.1, 0.15) is 44.9 Å². The van der Waals surface area contributed by atoms with E-state index in [4.69, 9.17) is 10.6 Å². The second-order valence-electron chi connectivity index (χ2n) is 4.90. The van der Waals surface area contributed by atoms with E-state index in [-0.39, 0.29) is 12.2 Å². The molecule has 0 aliphatic heterocycles. The quantitative estimate of drug-likeness (QED) is 0.623. The number of aliphatic hydroxyl groups excluding tert-OH is 1. The molecule has 2 unspecified atom stereocenters. The van der Waals surface area contributed by atoms with Gasteiger partial charge in [-0.1, -0.05) is 32.1 Å². The molecule has 1 saturated carbocycles. The van der Waals surface area contributed by atoms with Crippen LogP contribution < -0.4 is 5.73 Å². The molecule has 1 fully saturated rings. The van der Waals surface area contributed by atoms with E-state index in [2.05, 4.69) is 0 Å². The van der Waals surface area contributed by atoms with Gasteiger partial charge in [-0.2, -0.15) is 0 Å².